The Kier molecular flexibility index (Phi) is 6.75. The van der Waals surface area contributed by atoms with E-state index < -0.39 is 5.97 Å². The SMILES string of the molecule is C=C(C)/C=C/c1ccc(/C(=C(\c2ccsc2C)C2CCC2)c2ccc(N)c(C(=N)F)c2)cc1. The predicted octanol–water partition coefficient (Wildman–Crippen LogP) is 8.28. The van der Waals surface area contributed by atoms with Gasteiger partial charge in [0.25, 0.3) is 0 Å². The Morgan fingerprint density at radius 1 is 1.09 bits per heavy atom. The van der Waals surface area contributed by atoms with Crippen molar-refractivity contribution in [2.24, 2.45) is 5.92 Å². The van der Waals surface area contributed by atoms with Crippen molar-refractivity contribution in [3.63, 3.8) is 0 Å². The number of nitrogen functional groups attached to an aromatic ring is 1. The van der Waals surface area contributed by atoms with Crippen LogP contribution >= 0.6 is 11.3 Å². The number of thiophene rings is 1. The van der Waals surface area contributed by atoms with Crippen LogP contribution in [0.5, 0.6) is 0 Å². The van der Waals surface area contributed by atoms with Crippen molar-refractivity contribution in [2.45, 2.75) is 33.1 Å². The zero-order chi connectivity index (χ0) is 23.5. The molecule has 2 aromatic carbocycles. The molecule has 168 valence electrons. The Bertz CT molecular complexity index is 1260. The standard InChI is InChI=1S/C29H29FN2S/c1-18(2)7-8-20-9-11-22(12-10-20)27(23-13-14-26(31)25(17-23)29(30)32)28(21-5-4-6-21)24-15-16-33-19(24)3/h7-17,21,32H,1,4-6,31H2,2-3H3/b8-7+,28-27+,32-29?. The molecular weight excluding hydrogens is 427 g/mol. The van der Waals surface area contributed by atoms with Crippen LogP contribution in [0.3, 0.4) is 0 Å². The lowest BCUT2D eigenvalue weighted by Gasteiger charge is -2.31. The van der Waals surface area contributed by atoms with Crippen LogP contribution in [0.2, 0.25) is 0 Å². The summed E-state index contributed by atoms with van der Waals surface area (Å²) in [6.07, 6.45) is 7.57. The van der Waals surface area contributed by atoms with Crippen LogP contribution in [-0.2, 0) is 0 Å². The molecule has 1 aliphatic carbocycles. The first-order valence-electron chi connectivity index (χ1n) is 11.2. The second kappa shape index (κ2) is 9.72. The molecule has 0 aliphatic heterocycles. The van der Waals surface area contributed by atoms with Crippen molar-refractivity contribution in [3.8, 4) is 0 Å². The van der Waals surface area contributed by atoms with Crippen LogP contribution in [0.4, 0.5) is 10.1 Å². The van der Waals surface area contributed by atoms with Gasteiger partial charge in [-0.1, -0.05) is 61.1 Å². The quantitative estimate of drug-likeness (QED) is 0.210. The Balaban J connectivity index is 1.96. The van der Waals surface area contributed by atoms with Crippen LogP contribution in [0.1, 0.15) is 58.9 Å². The highest BCUT2D eigenvalue weighted by Gasteiger charge is 2.28. The van der Waals surface area contributed by atoms with E-state index in [1.807, 2.05) is 19.1 Å². The average Bonchev–Trinajstić information content (AvgIpc) is 3.17. The monoisotopic (exact) mass is 456 g/mol. The first kappa shape index (κ1) is 22.9. The van der Waals surface area contributed by atoms with E-state index in [1.165, 1.54) is 22.4 Å². The molecule has 3 N–H and O–H groups in total. The van der Waals surface area contributed by atoms with E-state index in [4.69, 9.17) is 11.1 Å². The zero-order valence-electron chi connectivity index (χ0n) is 19.1. The molecule has 33 heavy (non-hydrogen) atoms. The van der Waals surface area contributed by atoms with Crippen LogP contribution in [-0.4, -0.2) is 5.97 Å². The number of hydrogen-bond acceptors (Lipinski definition) is 3. The highest BCUT2D eigenvalue weighted by atomic mass is 32.1. The molecule has 4 heteroatoms. The van der Waals surface area contributed by atoms with E-state index in [9.17, 15) is 4.39 Å². The Hall–Kier alpha value is -3.24. The van der Waals surface area contributed by atoms with Gasteiger partial charge < -0.3 is 5.73 Å². The number of nitrogens with one attached hydrogen (secondary N) is 1. The lowest BCUT2D eigenvalue weighted by atomic mass is 9.73. The van der Waals surface area contributed by atoms with Gasteiger partial charge in [0.1, 0.15) is 0 Å². The molecule has 1 heterocycles. The van der Waals surface area contributed by atoms with Crippen molar-refractivity contribution in [1.82, 2.24) is 0 Å². The van der Waals surface area contributed by atoms with Gasteiger partial charge in [0.15, 0.2) is 0 Å². The fraction of sp³-hybridized carbons (Fsp3) is 0.207. The van der Waals surface area contributed by atoms with Gasteiger partial charge in [-0.2, -0.15) is 4.39 Å². The highest BCUT2D eigenvalue weighted by Crippen LogP contribution is 2.46. The molecule has 1 aromatic heterocycles. The third-order valence-corrected chi connectivity index (χ3v) is 7.12. The average molecular weight is 457 g/mol. The minimum atomic E-state index is -1.01. The van der Waals surface area contributed by atoms with E-state index in [1.54, 1.807) is 23.5 Å². The van der Waals surface area contributed by atoms with Gasteiger partial charge >= 0.3 is 0 Å². The number of aryl methyl sites for hydroxylation is 1. The van der Waals surface area contributed by atoms with E-state index in [0.717, 1.165) is 40.7 Å². The Morgan fingerprint density at radius 2 is 1.79 bits per heavy atom. The molecule has 0 saturated heterocycles. The van der Waals surface area contributed by atoms with Crippen LogP contribution in [0.15, 0.2) is 72.1 Å². The van der Waals surface area contributed by atoms with E-state index in [2.05, 4.69) is 55.3 Å². The number of rotatable bonds is 7. The summed E-state index contributed by atoms with van der Waals surface area (Å²) >= 11 is 1.75. The number of anilines is 1. The molecule has 0 spiro atoms. The molecule has 0 amide bonds. The van der Waals surface area contributed by atoms with Gasteiger partial charge in [-0.15, -0.1) is 11.3 Å². The van der Waals surface area contributed by atoms with Crippen LogP contribution in [0.25, 0.3) is 17.2 Å². The molecule has 4 rings (SSSR count). The summed E-state index contributed by atoms with van der Waals surface area (Å²) in [7, 11) is 0. The summed E-state index contributed by atoms with van der Waals surface area (Å²) in [5.41, 5.74) is 14.1. The number of halogens is 1. The molecule has 0 bridgehead atoms. The number of allylic oxidation sites excluding steroid dienone is 3. The fourth-order valence-electron chi connectivity index (χ4n) is 4.30. The van der Waals surface area contributed by atoms with Gasteiger partial charge in [0.05, 0.1) is 5.56 Å². The molecule has 0 unspecified atom stereocenters. The van der Waals surface area contributed by atoms with Crippen LogP contribution < -0.4 is 5.73 Å². The minimum Gasteiger partial charge on any atom is -0.398 e. The molecular formula is C29H29FN2S. The lowest BCUT2D eigenvalue weighted by molar-refractivity contribution is 0.401. The number of hydrogen-bond donors (Lipinski definition) is 2. The summed E-state index contributed by atoms with van der Waals surface area (Å²) in [4.78, 5) is 1.28. The van der Waals surface area contributed by atoms with Crippen LogP contribution in [0, 0.1) is 18.3 Å². The summed E-state index contributed by atoms with van der Waals surface area (Å²) in [6.45, 7) is 8.06. The Morgan fingerprint density at radius 3 is 2.33 bits per heavy atom. The normalized spacial score (nSPS) is 14.8. The summed E-state index contributed by atoms with van der Waals surface area (Å²) in [6, 6.07) is 16.0. The number of nitrogens with two attached hydrogens (primary N) is 1. The largest absolute Gasteiger partial charge is 0.398 e. The molecule has 0 radical (unpaired) electrons. The predicted molar refractivity (Wildman–Crippen MR) is 141 cm³/mol. The third-order valence-electron chi connectivity index (χ3n) is 6.27. The molecule has 0 atom stereocenters. The number of benzene rings is 2. The van der Waals surface area contributed by atoms with Gasteiger partial charge in [-0.3, -0.25) is 5.41 Å². The van der Waals surface area contributed by atoms with Gasteiger partial charge in [-0.05, 0) is 89.6 Å². The second-order valence-electron chi connectivity index (χ2n) is 8.72. The van der Waals surface area contributed by atoms with Gasteiger partial charge in [0.2, 0.25) is 5.97 Å². The van der Waals surface area contributed by atoms with E-state index in [-0.39, 0.29) is 11.3 Å². The van der Waals surface area contributed by atoms with Crippen molar-refractivity contribution >= 4 is 40.2 Å². The van der Waals surface area contributed by atoms with E-state index in [0.29, 0.717) is 5.92 Å². The molecule has 1 fully saturated rings. The van der Waals surface area contributed by atoms with Crippen molar-refractivity contribution in [2.75, 3.05) is 5.73 Å². The van der Waals surface area contributed by atoms with Crippen molar-refractivity contribution in [1.29, 1.82) is 5.41 Å². The summed E-state index contributed by atoms with van der Waals surface area (Å²) in [5, 5.41) is 9.70. The third kappa shape index (κ3) is 4.91. The molecule has 1 aliphatic rings. The lowest BCUT2D eigenvalue weighted by Crippen LogP contribution is -2.15. The van der Waals surface area contributed by atoms with Gasteiger partial charge in [0, 0.05) is 10.6 Å². The molecule has 1 saturated carbocycles. The maximum atomic E-state index is 14.0. The summed E-state index contributed by atoms with van der Waals surface area (Å²) < 4.78 is 14.0. The second-order valence-corrected chi connectivity index (χ2v) is 9.84. The molecule has 2 nitrogen and oxygen atoms in total. The maximum Gasteiger partial charge on any atom is 0.214 e. The minimum absolute atomic E-state index is 0.140. The first-order chi connectivity index (χ1) is 15.8. The zero-order valence-corrected chi connectivity index (χ0v) is 19.9. The smallest absolute Gasteiger partial charge is 0.214 e. The van der Waals surface area contributed by atoms with Crippen molar-refractivity contribution in [3.05, 3.63) is 105 Å². The van der Waals surface area contributed by atoms with Crippen molar-refractivity contribution < 1.29 is 4.39 Å². The highest BCUT2D eigenvalue weighted by molar-refractivity contribution is 7.10. The first-order valence-corrected chi connectivity index (χ1v) is 12.1. The Labute approximate surface area is 199 Å². The summed E-state index contributed by atoms with van der Waals surface area (Å²) in [5.74, 6) is -0.548. The fourth-order valence-corrected chi connectivity index (χ4v) is 5.01. The van der Waals surface area contributed by atoms with E-state index >= 15 is 0 Å². The topological polar surface area (TPSA) is 49.9 Å². The van der Waals surface area contributed by atoms with Gasteiger partial charge in [-0.25, -0.2) is 0 Å². The molecule has 3 aromatic rings. The maximum absolute atomic E-state index is 14.0.